The van der Waals surface area contributed by atoms with Crippen LogP contribution in [0.2, 0.25) is 0 Å². The number of rotatable bonds is 8. The van der Waals surface area contributed by atoms with Crippen molar-refractivity contribution in [2.24, 2.45) is 0 Å². The second-order valence-electron chi connectivity index (χ2n) is 14.9. The van der Waals surface area contributed by atoms with Crippen molar-refractivity contribution in [1.29, 1.82) is 5.41 Å². The zero-order valence-corrected chi connectivity index (χ0v) is 31.5. The predicted molar refractivity (Wildman–Crippen MR) is 241 cm³/mol. The van der Waals surface area contributed by atoms with Crippen LogP contribution in [-0.2, 0) is 5.41 Å². The molecule has 8 aromatic rings. The largest absolute Gasteiger partial charge is 0.398 e. The molecule has 0 radical (unpaired) electrons. The quantitative estimate of drug-likeness (QED) is 0.0913. The number of hydrogen-bond donors (Lipinski definition) is 2. The molecule has 0 fully saturated rings. The van der Waals surface area contributed by atoms with Gasteiger partial charge >= 0.3 is 0 Å². The van der Waals surface area contributed by atoms with E-state index in [1.54, 1.807) is 18.2 Å². The Kier molecular flexibility index (Phi) is 8.27. The molecule has 10 rings (SSSR count). The van der Waals surface area contributed by atoms with E-state index in [2.05, 4.69) is 170 Å². The van der Waals surface area contributed by atoms with Crippen LogP contribution in [0.25, 0.3) is 60.9 Å². The minimum atomic E-state index is -0.382. The average molecular weight is 729 g/mol. The third-order valence-electron chi connectivity index (χ3n) is 12.0. The summed E-state index contributed by atoms with van der Waals surface area (Å²) in [5.41, 5.74) is 25.8. The highest BCUT2D eigenvalue weighted by atomic mass is 14.6. The molecule has 1 spiro atoms. The van der Waals surface area contributed by atoms with E-state index < -0.39 is 0 Å². The molecule has 0 heterocycles. The summed E-state index contributed by atoms with van der Waals surface area (Å²) < 4.78 is 0. The van der Waals surface area contributed by atoms with Gasteiger partial charge in [-0.3, -0.25) is 0 Å². The van der Waals surface area contributed by atoms with Crippen LogP contribution in [0.15, 0.2) is 207 Å². The molecule has 0 saturated carbocycles. The maximum absolute atomic E-state index is 8.43. The minimum absolute atomic E-state index is 0.382. The Morgan fingerprint density at radius 3 is 1.75 bits per heavy atom. The second-order valence-corrected chi connectivity index (χ2v) is 14.9. The van der Waals surface area contributed by atoms with Crippen LogP contribution < -0.4 is 5.73 Å². The number of nitrogens with one attached hydrogen (secondary N) is 1. The normalized spacial score (nSPS) is 13.4. The van der Waals surface area contributed by atoms with Crippen LogP contribution in [0.3, 0.4) is 0 Å². The van der Waals surface area contributed by atoms with Gasteiger partial charge < -0.3 is 11.1 Å². The molecule has 2 aliphatic carbocycles. The molecule has 0 amide bonds. The van der Waals surface area contributed by atoms with Crippen molar-refractivity contribution >= 4 is 27.7 Å². The summed E-state index contributed by atoms with van der Waals surface area (Å²) in [6.07, 6.45) is 7.85. The van der Waals surface area contributed by atoms with Gasteiger partial charge in [0.25, 0.3) is 0 Å². The fraction of sp³-hybridized carbons (Fsp3) is 0.0364. The van der Waals surface area contributed by atoms with Gasteiger partial charge in [-0.05, 0) is 101 Å². The lowest BCUT2D eigenvalue weighted by Crippen LogP contribution is -2.25. The molecule has 2 nitrogen and oxygen atoms in total. The molecular weight excluding hydrogens is 689 g/mol. The van der Waals surface area contributed by atoms with E-state index in [-0.39, 0.29) is 5.41 Å². The molecule has 270 valence electrons. The van der Waals surface area contributed by atoms with Crippen LogP contribution >= 0.6 is 0 Å². The Bertz CT molecular complexity index is 2930. The number of hydrogen-bond acceptors (Lipinski definition) is 2. The smallest absolute Gasteiger partial charge is 0.0725 e. The first-order chi connectivity index (χ1) is 28.1. The van der Waals surface area contributed by atoms with Gasteiger partial charge in [-0.2, -0.15) is 0 Å². The summed E-state index contributed by atoms with van der Waals surface area (Å²) in [4.78, 5) is 0. The molecule has 2 aliphatic rings. The van der Waals surface area contributed by atoms with Crippen LogP contribution in [0.1, 0.15) is 39.8 Å². The van der Waals surface area contributed by atoms with Crippen molar-refractivity contribution in [2.45, 2.75) is 11.8 Å². The molecule has 0 atom stereocenters. The highest BCUT2D eigenvalue weighted by molar-refractivity contribution is 6.09. The van der Waals surface area contributed by atoms with E-state index in [0.29, 0.717) is 17.8 Å². The number of nitrogens with two attached hydrogens (primary N) is 1. The Morgan fingerprint density at radius 2 is 1.07 bits per heavy atom. The van der Waals surface area contributed by atoms with Crippen molar-refractivity contribution in [1.82, 2.24) is 0 Å². The highest BCUT2D eigenvalue weighted by Gasteiger charge is 2.52. The van der Waals surface area contributed by atoms with Gasteiger partial charge in [-0.1, -0.05) is 195 Å². The standard InChI is InChI=1S/C55H40N2/c1-2-3-15-38(56)32-33-40(46-20-9-13-27-53(46)57)37-30-28-36(29-31-37)39-34-35-43(42-17-5-4-16-41(39)42)47-22-14-26-52-54(47)48-21-8-12-25-51(48)55(52)49-23-10-6-18-44(49)45-19-7-11-24-50(45)55/h2-31,33-35,56H,1,32,57H2/b15-3-,40-33-,56-38?. The third-order valence-corrected chi connectivity index (χ3v) is 12.0. The summed E-state index contributed by atoms with van der Waals surface area (Å²) >= 11 is 0. The van der Waals surface area contributed by atoms with Gasteiger partial charge in [0.2, 0.25) is 0 Å². The van der Waals surface area contributed by atoms with Crippen LogP contribution in [-0.4, -0.2) is 5.71 Å². The fourth-order valence-electron chi connectivity index (χ4n) is 9.57. The van der Waals surface area contributed by atoms with Gasteiger partial charge in [0.1, 0.15) is 0 Å². The van der Waals surface area contributed by atoms with Gasteiger partial charge in [-0.15, -0.1) is 0 Å². The maximum Gasteiger partial charge on any atom is 0.0725 e. The second kappa shape index (κ2) is 13.8. The van der Waals surface area contributed by atoms with Gasteiger partial charge in [0, 0.05) is 23.4 Å². The number of anilines is 1. The zero-order chi connectivity index (χ0) is 38.5. The summed E-state index contributed by atoms with van der Waals surface area (Å²) in [5.74, 6) is 0. The highest BCUT2D eigenvalue weighted by Crippen LogP contribution is 2.64. The van der Waals surface area contributed by atoms with Gasteiger partial charge in [0.15, 0.2) is 0 Å². The SMILES string of the molecule is C=C/C=C\C(=N)C/C=C(/c1ccc(-c2ccc(-c3cccc4c3-c3ccccc3C43c4ccccc4-c4ccccc43)c3ccccc23)cc1)c1ccccc1N. The number of para-hydroxylation sites is 1. The molecular formula is C55H40N2. The molecule has 0 aliphatic heterocycles. The van der Waals surface area contributed by atoms with Crippen molar-refractivity contribution in [2.75, 3.05) is 5.73 Å². The molecule has 3 N–H and O–H groups in total. The van der Waals surface area contributed by atoms with E-state index in [1.165, 1.54) is 72.0 Å². The minimum Gasteiger partial charge on any atom is -0.398 e. The molecule has 0 aromatic heterocycles. The Labute approximate surface area is 334 Å². The van der Waals surface area contributed by atoms with E-state index >= 15 is 0 Å². The molecule has 0 unspecified atom stereocenters. The van der Waals surface area contributed by atoms with Gasteiger partial charge in [0.05, 0.1) is 5.41 Å². The lowest BCUT2D eigenvalue weighted by molar-refractivity contribution is 0.794. The Hall–Kier alpha value is -7.29. The van der Waals surface area contributed by atoms with E-state index in [9.17, 15) is 0 Å². The van der Waals surface area contributed by atoms with Crippen LogP contribution in [0.4, 0.5) is 5.69 Å². The first kappa shape index (κ1) is 34.2. The monoisotopic (exact) mass is 728 g/mol. The third kappa shape index (κ3) is 5.29. The number of fused-ring (bicyclic) bond motifs is 11. The van der Waals surface area contributed by atoms with E-state index in [1.807, 2.05) is 18.2 Å². The van der Waals surface area contributed by atoms with E-state index in [0.717, 1.165) is 22.3 Å². The van der Waals surface area contributed by atoms with Crippen molar-refractivity contribution < 1.29 is 0 Å². The molecule has 0 saturated heterocycles. The lowest BCUT2D eigenvalue weighted by atomic mass is 9.70. The topological polar surface area (TPSA) is 49.9 Å². The zero-order valence-electron chi connectivity index (χ0n) is 31.5. The Morgan fingerprint density at radius 1 is 0.526 bits per heavy atom. The van der Waals surface area contributed by atoms with Gasteiger partial charge in [-0.25, -0.2) is 0 Å². The first-order valence-corrected chi connectivity index (χ1v) is 19.6. The van der Waals surface area contributed by atoms with Crippen LogP contribution in [0, 0.1) is 5.41 Å². The number of nitrogen functional groups attached to an aromatic ring is 1. The summed E-state index contributed by atoms with van der Waals surface area (Å²) in [6, 6.07) is 64.1. The predicted octanol–water partition coefficient (Wildman–Crippen LogP) is 13.7. The average Bonchev–Trinajstić information content (AvgIpc) is 3.74. The molecule has 0 bridgehead atoms. The van der Waals surface area contributed by atoms with E-state index in [4.69, 9.17) is 11.1 Å². The molecule has 8 aromatic carbocycles. The molecule has 57 heavy (non-hydrogen) atoms. The Balaban J connectivity index is 1.10. The van der Waals surface area contributed by atoms with Crippen molar-refractivity contribution in [3.05, 3.63) is 240 Å². The summed E-state index contributed by atoms with van der Waals surface area (Å²) in [7, 11) is 0. The lowest BCUT2D eigenvalue weighted by Gasteiger charge is -2.30. The first-order valence-electron chi connectivity index (χ1n) is 19.6. The summed E-state index contributed by atoms with van der Waals surface area (Å²) in [6.45, 7) is 3.74. The number of benzene rings is 8. The summed E-state index contributed by atoms with van der Waals surface area (Å²) in [5, 5.41) is 10.9. The maximum atomic E-state index is 8.43. The van der Waals surface area contributed by atoms with Crippen molar-refractivity contribution in [3.8, 4) is 44.5 Å². The van der Waals surface area contributed by atoms with Crippen LogP contribution in [0.5, 0.6) is 0 Å². The number of allylic oxidation sites excluding steroid dienone is 4. The fourth-order valence-corrected chi connectivity index (χ4v) is 9.57. The molecule has 2 heteroatoms. The van der Waals surface area contributed by atoms with Crippen molar-refractivity contribution in [3.63, 3.8) is 0 Å².